The Balaban J connectivity index is 1.78. The largest absolute Gasteiger partial charge is 0.377 e. The first-order valence-corrected chi connectivity index (χ1v) is 10.4. The summed E-state index contributed by atoms with van der Waals surface area (Å²) in [7, 11) is 1.64. The zero-order chi connectivity index (χ0) is 21.3. The molecule has 0 bridgehead atoms. The van der Waals surface area contributed by atoms with Crippen LogP contribution in [0.4, 0.5) is 5.82 Å². The molecule has 3 heterocycles. The molecule has 4 rings (SSSR count). The number of hydrogen-bond donors (Lipinski definition) is 0. The molecule has 8 heteroatoms. The molecule has 8 nitrogen and oxygen atoms in total. The van der Waals surface area contributed by atoms with Crippen LogP contribution in [0.1, 0.15) is 30.4 Å². The lowest BCUT2D eigenvalue weighted by atomic mass is 10.2. The minimum atomic E-state index is 0.200. The number of carbonyl (C=O) groups is 1. The first-order valence-electron chi connectivity index (χ1n) is 10.4. The van der Waals surface area contributed by atoms with Gasteiger partial charge >= 0.3 is 0 Å². The fraction of sp³-hybridized carbons (Fsp3) is 0.455. The van der Waals surface area contributed by atoms with E-state index in [1.54, 1.807) is 7.11 Å². The molecule has 1 aliphatic heterocycles. The number of methoxy groups -OCH3 is 1. The highest BCUT2D eigenvalue weighted by molar-refractivity contribution is 5.91. The average Bonchev–Trinajstić information content (AvgIpc) is 3.10. The molecular formula is C22H28N6O2. The average molecular weight is 409 g/mol. The Morgan fingerprint density at radius 2 is 1.77 bits per heavy atom. The van der Waals surface area contributed by atoms with Crippen molar-refractivity contribution in [3.05, 3.63) is 41.3 Å². The molecule has 0 atom stereocenters. The van der Waals surface area contributed by atoms with Gasteiger partial charge in [-0.05, 0) is 26.0 Å². The van der Waals surface area contributed by atoms with Crippen LogP contribution in [0.2, 0.25) is 0 Å². The minimum Gasteiger partial charge on any atom is -0.377 e. The number of aryl methyl sites for hydroxylation is 2. The van der Waals surface area contributed by atoms with Crippen molar-refractivity contribution >= 4 is 22.8 Å². The van der Waals surface area contributed by atoms with Crippen molar-refractivity contribution in [3.63, 3.8) is 0 Å². The van der Waals surface area contributed by atoms with Crippen molar-refractivity contribution in [2.45, 2.75) is 33.8 Å². The van der Waals surface area contributed by atoms with Crippen molar-refractivity contribution in [1.82, 2.24) is 24.6 Å². The van der Waals surface area contributed by atoms with Gasteiger partial charge in [-0.2, -0.15) is 5.10 Å². The maximum atomic E-state index is 12.1. The number of aromatic nitrogens is 4. The highest BCUT2D eigenvalue weighted by Gasteiger charge is 2.25. The highest BCUT2D eigenvalue weighted by atomic mass is 16.5. The molecule has 0 saturated carbocycles. The van der Waals surface area contributed by atoms with Crippen LogP contribution < -0.4 is 4.90 Å². The SMILES string of the molecule is CCC(=O)N1CCN(c2nc(COC)nc3c2c(C)nn3-c2ccc(C)cc2)CC1. The van der Waals surface area contributed by atoms with Crippen LogP contribution in [0.3, 0.4) is 0 Å². The van der Waals surface area contributed by atoms with Crippen molar-refractivity contribution < 1.29 is 9.53 Å². The molecule has 0 spiro atoms. The number of piperazine rings is 1. The predicted molar refractivity (Wildman–Crippen MR) is 116 cm³/mol. The van der Waals surface area contributed by atoms with E-state index in [-0.39, 0.29) is 5.91 Å². The second kappa shape index (κ2) is 8.39. The lowest BCUT2D eigenvalue weighted by Crippen LogP contribution is -2.49. The van der Waals surface area contributed by atoms with Gasteiger partial charge in [-0.25, -0.2) is 14.6 Å². The Morgan fingerprint density at radius 1 is 1.07 bits per heavy atom. The van der Waals surface area contributed by atoms with Crippen LogP contribution in [0, 0.1) is 13.8 Å². The van der Waals surface area contributed by atoms with Crippen molar-refractivity contribution in [2.24, 2.45) is 0 Å². The summed E-state index contributed by atoms with van der Waals surface area (Å²) in [6.45, 7) is 9.16. The second-order valence-corrected chi connectivity index (χ2v) is 7.65. The molecule has 0 radical (unpaired) electrons. The van der Waals surface area contributed by atoms with E-state index in [0.29, 0.717) is 31.9 Å². The van der Waals surface area contributed by atoms with Crippen LogP contribution >= 0.6 is 0 Å². The minimum absolute atomic E-state index is 0.200. The van der Waals surface area contributed by atoms with Gasteiger partial charge in [0.1, 0.15) is 12.4 Å². The molecule has 3 aromatic rings. The topological polar surface area (TPSA) is 76.4 Å². The van der Waals surface area contributed by atoms with Gasteiger partial charge in [-0.1, -0.05) is 24.6 Å². The second-order valence-electron chi connectivity index (χ2n) is 7.65. The monoisotopic (exact) mass is 408 g/mol. The molecule has 1 aromatic carbocycles. The summed E-state index contributed by atoms with van der Waals surface area (Å²) in [5.74, 6) is 1.69. The summed E-state index contributed by atoms with van der Waals surface area (Å²) in [6, 6.07) is 8.24. The Hall–Kier alpha value is -3.00. The molecule has 0 N–H and O–H groups in total. The maximum Gasteiger partial charge on any atom is 0.222 e. The van der Waals surface area contributed by atoms with Crippen molar-refractivity contribution in [1.29, 1.82) is 0 Å². The van der Waals surface area contributed by atoms with Crippen LogP contribution in [0.15, 0.2) is 24.3 Å². The number of amides is 1. The molecule has 30 heavy (non-hydrogen) atoms. The molecule has 0 unspecified atom stereocenters. The molecule has 1 amide bonds. The molecule has 1 saturated heterocycles. The van der Waals surface area contributed by atoms with Crippen LogP contribution in [-0.4, -0.2) is 63.8 Å². The van der Waals surface area contributed by atoms with Gasteiger partial charge in [-0.15, -0.1) is 0 Å². The summed E-state index contributed by atoms with van der Waals surface area (Å²) in [5, 5.41) is 5.73. The molecule has 1 aliphatic rings. The number of hydrogen-bond acceptors (Lipinski definition) is 6. The van der Waals surface area contributed by atoms with E-state index in [4.69, 9.17) is 19.8 Å². The lowest BCUT2D eigenvalue weighted by molar-refractivity contribution is -0.131. The normalized spacial score (nSPS) is 14.5. The Kier molecular flexibility index (Phi) is 5.67. The Bertz CT molecular complexity index is 1050. The fourth-order valence-corrected chi connectivity index (χ4v) is 3.89. The summed E-state index contributed by atoms with van der Waals surface area (Å²) < 4.78 is 7.20. The van der Waals surface area contributed by atoms with Crippen LogP contribution in [0.25, 0.3) is 16.7 Å². The van der Waals surface area contributed by atoms with E-state index in [2.05, 4.69) is 24.0 Å². The zero-order valence-corrected chi connectivity index (χ0v) is 18.1. The first kappa shape index (κ1) is 20.3. The Morgan fingerprint density at radius 3 is 2.40 bits per heavy atom. The van der Waals surface area contributed by atoms with Crippen LogP contribution in [0.5, 0.6) is 0 Å². The Labute approximate surface area is 176 Å². The van der Waals surface area contributed by atoms with E-state index in [1.165, 1.54) is 5.56 Å². The third kappa shape index (κ3) is 3.75. The highest BCUT2D eigenvalue weighted by Crippen LogP contribution is 2.30. The van der Waals surface area contributed by atoms with Gasteiger partial charge in [0.05, 0.1) is 16.8 Å². The molecule has 158 valence electrons. The summed E-state index contributed by atoms with van der Waals surface area (Å²) >= 11 is 0. The number of anilines is 1. The molecule has 1 fully saturated rings. The number of ether oxygens (including phenoxy) is 1. The van der Waals surface area contributed by atoms with E-state index >= 15 is 0 Å². The summed E-state index contributed by atoms with van der Waals surface area (Å²) in [6.07, 6.45) is 0.540. The van der Waals surface area contributed by atoms with Gasteiger partial charge in [0, 0.05) is 39.7 Å². The smallest absolute Gasteiger partial charge is 0.222 e. The fourth-order valence-electron chi connectivity index (χ4n) is 3.89. The lowest BCUT2D eigenvalue weighted by Gasteiger charge is -2.35. The van der Waals surface area contributed by atoms with Gasteiger partial charge in [0.2, 0.25) is 5.91 Å². The van der Waals surface area contributed by atoms with E-state index in [0.717, 1.165) is 41.3 Å². The quantitative estimate of drug-likeness (QED) is 0.646. The van der Waals surface area contributed by atoms with Crippen molar-refractivity contribution in [2.75, 3.05) is 38.2 Å². The van der Waals surface area contributed by atoms with E-state index in [9.17, 15) is 4.79 Å². The summed E-state index contributed by atoms with van der Waals surface area (Å²) in [4.78, 5) is 25.8. The van der Waals surface area contributed by atoms with Crippen molar-refractivity contribution in [3.8, 4) is 5.69 Å². The van der Waals surface area contributed by atoms with Crippen LogP contribution in [-0.2, 0) is 16.1 Å². The molecular weight excluding hydrogens is 380 g/mol. The molecule has 0 aliphatic carbocycles. The zero-order valence-electron chi connectivity index (χ0n) is 18.1. The first-order chi connectivity index (χ1) is 14.5. The third-order valence-corrected chi connectivity index (χ3v) is 5.52. The van der Waals surface area contributed by atoms with Gasteiger partial charge in [0.25, 0.3) is 0 Å². The van der Waals surface area contributed by atoms with E-state index < -0.39 is 0 Å². The van der Waals surface area contributed by atoms with Gasteiger partial charge < -0.3 is 14.5 Å². The van der Waals surface area contributed by atoms with Gasteiger partial charge in [-0.3, -0.25) is 4.79 Å². The number of rotatable bonds is 5. The molecule has 2 aromatic heterocycles. The number of nitrogens with zero attached hydrogens (tertiary/aromatic N) is 6. The predicted octanol–water partition coefficient (Wildman–Crippen LogP) is 2.64. The van der Waals surface area contributed by atoms with E-state index in [1.807, 2.05) is 35.6 Å². The summed E-state index contributed by atoms with van der Waals surface area (Å²) in [5.41, 5.74) is 3.82. The van der Waals surface area contributed by atoms with Gasteiger partial charge in [0.15, 0.2) is 11.5 Å². The number of benzene rings is 1. The number of carbonyl (C=O) groups excluding carboxylic acids is 1. The maximum absolute atomic E-state index is 12.1. The standard InChI is InChI=1S/C22H28N6O2/c1-5-19(29)26-10-12-27(13-11-26)21-20-16(3)25-28(17-8-6-15(2)7-9-17)22(20)24-18(23-21)14-30-4/h6-9H,5,10-14H2,1-4H3. The third-order valence-electron chi connectivity index (χ3n) is 5.52. The number of fused-ring (bicyclic) bond motifs is 1.